The van der Waals surface area contributed by atoms with E-state index in [1.807, 2.05) is 84.5 Å². The van der Waals surface area contributed by atoms with Gasteiger partial charge in [0.25, 0.3) is 5.91 Å². The lowest BCUT2D eigenvalue weighted by Gasteiger charge is -2.19. The Hall–Kier alpha value is -4.39. The number of nitrogens with one attached hydrogen (secondary N) is 2. The van der Waals surface area contributed by atoms with Crippen LogP contribution in [-0.4, -0.2) is 35.0 Å². The first kappa shape index (κ1) is 22.8. The van der Waals surface area contributed by atoms with E-state index < -0.39 is 6.04 Å². The van der Waals surface area contributed by atoms with Crippen LogP contribution in [0.4, 0.5) is 0 Å². The van der Waals surface area contributed by atoms with Crippen LogP contribution in [0.3, 0.4) is 0 Å². The van der Waals surface area contributed by atoms with Crippen molar-refractivity contribution in [1.29, 1.82) is 0 Å². The Kier molecular flexibility index (Phi) is 7.03. The Morgan fingerprint density at radius 1 is 0.941 bits per heavy atom. The number of aryl methyl sites for hydroxylation is 1. The van der Waals surface area contributed by atoms with Gasteiger partial charge in [0, 0.05) is 25.0 Å². The molecule has 4 rings (SSSR count). The average molecular weight is 455 g/mol. The fourth-order valence-electron chi connectivity index (χ4n) is 3.67. The fraction of sp³-hybridized carbons (Fsp3) is 0.148. The van der Waals surface area contributed by atoms with Gasteiger partial charge in [0.05, 0.1) is 13.7 Å². The van der Waals surface area contributed by atoms with Gasteiger partial charge in [-0.2, -0.15) is 0 Å². The number of rotatable bonds is 8. The average Bonchev–Trinajstić information content (AvgIpc) is 3.32. The highest BCUT2D eigenvalue weighted by molar-refractivity contribution is 5.96. The summed E-state index contributed by atoms with van der Waals surface area (Å²) < 4.78 is 7.08. The third-order valence-electron chi connectivity index (χ3n) is 5.53. The minimum absolute atomic E-state index is 0.156. The molecule has 0 saturated carbocycles. The molecule has 0 saturated heterocycles. The van der Waals surface area contributed by atoms with Gasteiger partial charge >= 0.3 is 0 Å². The van der Waals surface area contributed by atoms with Crippen molar-refractivity contribution in [3.63, 3.8) is 0 Å². The summed E-state index contributed by atoms with van der Waals surface area (Å²) >= 11 is 0. The summed E-state index contributed by atoms with van der Waals surface area (Å²) in [7, 11) is 3.47. The van der Waals surface area contributed by atoms with Crippen molar-refractivity contribution in [2.75, 3.05) is 13.7 Å². The number of amides is 2. The van der Waals surface area contributed by atoms with E-state index in [0.717, 1.165) is 22.4 Å². The Labute approximate surface area is 198 Å². The topological polar surface area (TPSA) is 85.2 Å². The number of hydrogen-bond acceptors (Lipinski definition) is 4. The molecule has 2 N–H and O–H groups in total. The Balaban J connectivity index is 1.40. The summed E-state index contributed by atoms with van der Waals surface area (Å²) in [6.45, 7) is -0.156. The smallest absolute Gasteiger partial charge is 0.251 e. The van der Waals surface area contributed by atoms with E-state index in [-0.39, 0.29) is 18.4 Å². The first-order valence-electron chi connectivity index (χ1n) is 10.9. The minimum atomic E-state index is -0.472. The highest BCUT2D eigenvalue weighted by Gasteiger charge is 2.21. The molecule has 0 aliphatic heterocycles. The molecule has 2 amide bonds. The normalized spacial score (nSPS) is 11.5. The number of carbonyl (C=O) groups excluding carboxylic acids is 2. The van der Waals surface area contributed by atoms with Gasteiger partial charge in [-0.1, -0.05) is 54.6 Å². The molecule has 1 atom stereocenters. The number of imidazole rings is 1. The molecule has 34 heavy (non-hydrogen) atoms. The first-order chi connectivity index (χ1) is 16.5. The van der Waals surface area contributed by atoms with Crippen LogP contribution in [0, 0.1) is 0 Å². The SMILES string of the molecule is COc1ccc(C(NC(=O)CNC(=O)c2ccc(-c3ccccc3)cc2)c2nccn2C)cc1. The molecule has 0 fully saturated rings. The van der Waals surface area contributed by atoms with E-state index >= 15 is 0 Å². The van der Waals surface area contributed by atoms with Crippen molar-refractivity contribution >= 4 is 11.8 Å². The van der Waals surface area contributed by atoms with Crippen LogP contribution in [0.15, 0.2) is 91.3 Å². The van der Waals surface area contributed by atoms with E-state index in [1.165, 1.54) is 0 Å². The highest BCUT2D eigenvalue weighted by Crippen LogP contribution is 2.23. The van der Waals surface area contributed by atoms with Gasteiger partial charge in [-0.05, 0) is 41.0 Å². The lowest BCUT2D eigenvalue weighted by atomic mass is 10.0. The molecule has 1 unspecified atom stereocenters. The van der Waals surface area contributed by atoms with Crippen molar-refractivity contribution < 1.29 is 14.3 Å². The maximum absolute atomic E-state index is 12.7. The third kappa shape index (κ3) is 5.32. The first-order valence-corrected chi connectivity index (χ1v) is 10.9. The molecule has 172 valence electrons. The molecule has 0 aliphatic carbocycles. The second-order valence-electron chi connectivity index (χ2n) is 7.80. The van der Waals surface area contributed by atoms with Crippen LogP contribution >= 0.6 is 0 Å². The van der Waals surface area contributed by atoms with E-state index in [1.54, 1.807) is 25.4 Å². The summed E-state index contributed by atoms with van der Waals surface area (Å²) in [5.41, 5.74) is 3.44. The summed E-state index contributed by atoms with van der Waals surface area (Å²) in [6, 6.07) is 24.2. The Morgan fingerprint density at radius 2 is 1.62 bits per heavy atom. The van der Waals surface area contributed by atoms with Gasteiger partial charge in [0.2, 0.25) is 5.91 Å². The fourth-order valence-corrected chi connectivity index (χ4v) is 3.67. The van der Waals surface area contributed by atoms with Gasteiger partial charge in [0.1, 0.15) is 17.6 Å². The summed E-state index contributed by atoms with van der Waals surface area (Å²) in [4.78, 5) is 29.7. The van der Waals surface area contributed by atoms with Gasteiger partial charge in [-0.25, -0.2) is 4.98 Å². The summed E-state index contributed by atoms with van der Waals surface area (Å²) in [5.74, 6) is 0.770. The van der Waals surface area contributed by atoms with Crippen molar-refractivity contribution in [3.05, 3.63) is 108 Å². The Bertz CT molecular complexity index is 1250. The number of benzene rings is 3. The number of hydrogen-bond donors (Lipinski definition) is 2. The third-order valence-corrected chi connectivity index (χ3v) is 5.53. The lowest BCUT2D eigenvalue weighted by molar-refractivity contribution is -0.120. The monoisotopic (exact) mass is 454 g/mol. The molecular formula is C27H26N4O3. The largest absolute Gasteiger partial charge is 0.497 e. The van der Waals surface area contributed by atoms with Crippen LogP contribution in [-0.2, 0) is 11.8 Å². The predicted octanol–water partition coefficient (Wildman–Crippen LogP) is 3.73. The molecule has 1 heterocycles. The van der Waals surface area contributed by atoms with Gasteiger partial charge < -0.3 is 19.9 Å². The quantitative estimate of drug-likeness (QED) is 0.425. The zero-order chi connectivity index (χ0) is 23.9. The maximum atomic E-state index is 12.7. The molecule has 0 aliphatic rings. The summed E-state index contributed by atoms with van der Waals surface area (Å²) in [6.07, 6.45) is 3.50. The molecule has 3 aromatic carbocycles. The minimum Gasteiger partial charge on any atom is -0.497 e. The van der Waals surface area contributed by atoms with E-state index in [2.05, 4.69) is 15.6 Å². The maximum Gasteiger partial charge on any atom is 0.251 e. The molecule has 7 heteroatoms. The second kappa shape index (κ2) is 10.5. The van der Waals surface area contributed by atoms with E-state index in [4.69, 9.17) is 4.74 Å². The van der Waals surface area contributed by atoms with Crippen LogP contribution in [0.5, 0.6) is 5.75 Å². The number of nitrogens with zero attached hydrogens (tertiary/aromatic N) is 2. The zero-order valence-electron chi connectivity index (χ0n) is 19.1. The van der Waals surface area contributed by atoms with Crippen molar-refractivity contribution in [2.45, 2.75) is 6.04 Å². The predicted molar refractivity (Wildman–Crippen MR) is 130 cm³/mol. The van der Waals surface area contributed by atoms with Gasteiger partial charge in [-0.15, -0.1) is 0 Å². The van der Waals surface area contributed by atoms with Crippen molar-refractivity contribution in [1.82, 2.24) is 20.2 Å². The number of methoxy groups -OCH3 is 1. The molecule has 7 nitrogen and oxygen atoms in total. The molecule has 0 radical (unpaired) electrons. The number of ether oxygens (including phenoxy) is 1. The summed E-state index contributed by atoms with van der Waals surface area (Å²) in [5, 5.41) is 5.67. The zero-order valence-corrected chi connectivity index (χ0v) is 19.1. The van der Waals surface area contributed by atoms with Crippen molar-refractivity contribution in [3.8, 4) is 16.9 Å². The van der Waals surface area contributed by atoms with Crippen molar-refractivity contribution in [2.24, 2.45) is 7.05 Å². The lowest BCUT2D eigenvalue weighted by Crippen LogP contribution is -2.39. The second-order valence-corrected chi connectivity index (χ2v) is 7.80. The van der Waals surface area contributed by atoms with Gasteiger partial charge in [-0.3, -0.25) is 9.59 Å². The Morgan fingerprint density at radius 3 is 2.24 bits per heavy atom. The van der Waals surface area contributed by atoms with E-state index in [0.29, 0.717) is 11.4 Å². The molecular weight excluding hydrogens is 428 g/mol. The standard InChI is InChI=1S/C27H26N4O3/c1-31-17-16-28-26(31)25(21-12-14-23(34-2)15-13-21)30-24(32)18-29-27(33)22-10-8-20(9-11-22)19-6-4-3-5-7-19/h3-17,25H,18H2,1-2H3,(H,29,33)(H,30,32). The van der Waals surface area contributed by atoms with Gasteiger partial charge in [0.15, 0.2) is 0 Å². The van der Waals surface area contributed by atoms with Crippen LogP contribution in [0.25, 0.3) is 11.1 Å². The molecule has 0 spiro atoms. The van der Waals surface area contributed by atoms with Crippen LogP contribution < -0.4 is 15.4 Å². The number of aromatic nitrogens is 2. The number of carbonyl (C=O) groups is 2. The van der Waals surface area contributed by atoms with E-state index in [9.17, 15) is 9.59 Å². The molecule has 4 aromatic rings. The highest BCUT2D eigenvalue weighted by atomic mass is 16.5. The van der Waals surface area contributed by atoms with Crippen LogP contribution in [0.2, 0.25) is 0 Å². The molecule has 1 aromatic heterocycles. The molecule has 0 bridgehead atoms. The van der Waals surface area contributed by atoms with Crippen LogP contribution in [0.1, 0.15) is 27.8 Å².